The van der Waals surface area contributed by atoms with Crippen LogP contribution in [0.2, 0.25) is 0 Å². The average Bonchev–Trinajstić information content (AvgIpc) is 2.88. The molecular weight excluding hydrogens is 274 g/mol. The van der Waals surface area contributed by atoms with E-state index in [-0.39, 0.29) is 6.61 Å². The number of aliphatic imine (C=N–C) groups is 1. The maximum atomic E-state index is 9.02. The van der Waals surface area contributed by atoms with E-state index in [1.54, 1.807) is 0 Å². The zero-order valence-electron chi connectivity index (χ0n) is 12.6. The molecule has 2 aromatic carbocycles. The van der Waals surface area contributed by atoms with Crippen molar-refractivity contribution < 1.29 is 5.11 Å². The van der Waals surface area contributed by atoms with Crippen LogP contribution in [0.4, 0.5) is 17.1 Å². The number of rotatable bonds is 4. The Morgan fingerprint density at radius 3 is 2.86 bits per heavy atom. The zero-order chi connectivity index (χ0) is 15.5. The third-order valence-electron chi connectivity index (χ3n) is 3.51. The van der Waals surface area contributed by atoms with Crippen LogP contribution in [0.15, 0.2) is 59.7 Å². The molecule has 22 heavy (non-hydrogen) atoms. The lowest BCUT2D eigenvalue weighted by atomic mass is 10.1. The molecule has 3 N–H and O–H groups in total. The standard InChI is InChI=1S/C18H19N3O/c1-12-6-7-17-14(8-12)9-18(21-17)20-16-5-3-4-15(10-16)19-13(2)11-22/h3-8,10,19,22H,2,9,11H2,1H3,(H,20,21). The van der Waals surface area contributed by atoms with Crippen molar-refractivity contribution in [2.45, 2.75) is 13.3 Å². The van der Waals surface area contributed by atoms with Crippen molar-refractivity contribution in [1.82, 2.24) is 0 Å². The molecule has 1 heterocycles. The second-order valence-corrected chi connectivity index (χ2v) is 5.46. The predicted octanol–water partition coefficient (Wildman–Crippen LogP) is 3.61. The number of benzene rings is 2. The Morgan fingerprint density at radius 1 is 1.23 bits per heavy atom. The Bertz CT molecular complexity index is 750. The van der Waals surface area contributed by atoms with Gasteiger partial charge in [0.15, 0.2) is 0 Å². The molecule has 1 aliphatic rings. The van der Waals surface area contributed by atoms with Gasteiger partial charge in [-0.2, -0.15) is 0 Å². The fourth-order valence-electron chi connectivity index (χ4n) is 2.49. The molecule has 0 spiro atoms. The summed E-state index contributed by atoms with van der Waals surface area (Å²) in [5, 5.41) is 15.4. The Morgan fingerprint density at radius 2 is 2.05 bits per heavy atom. The molecule has 3 rings (SSSR count). The quantitative estimate of drug-likeness (QED) is 0.807. The number of nitrogens with zero attached hydrogens (tertiary/aromatic N) is 1. The second kappa shape index (κ2) is 6.03. The first-order valence-corrected chi connectivity index (χ1v) is 7.24. The van der Waals surface area contributed by atoms with E-state index in [1.807, 2.05) is 24.3 Å². The van der Waals surface area contributed by atoms with Crippen molar-refractivity contribution in [2.75, 3.05) is 17.2 Å². The van der Waals surface area contributed by atoms with Gasteiger partial charge >= 0.3 is 0 Å². The molecule has 0 amide bonds. The molecule has 2 aromatic rings. The van der Waals surface area contributed by atoms with E-state index >= 15 is 0 Å². The summed E-state index contributed by atoms with van der Waals surface area (Å²) >= 11 is 0. The van der Waals surface area contributed by atoms with E-state index in [9.17, 15) is 0 Å². The van der Waals surface area contributed by atoms with Gasteiger partial charge in [-0.05, 0) is 36.8 Å². The topological polar surface area (TPSA) is 56.6 Å². The van der Waals surface area contributed by atoms with Crippen LogP contribution in [0.25, 0.3) is 0 Å². The van der Waals surface area contributed by atoms with E-state index in [0.29, 0.717) is 5.70 Å². The molecular formula is C18H19N3O. The minimum Gasteiger partial charge on any atom is -0.390 e. The fourth-order valence-corrected chi connectivity index (χ4v) is 2.49. The molecule has 0 radical (unpaired) electrons. The SMILES string of the molecule is C=C(CO)Nc1cccc(NC2=Nc3ccc(C)cc3C2)c1. The van der Waals surface area contributed by atoms with Gasteiger partial charge < -0.3 is 15.7 Å². The summed E-state index contributed by atoms with van der Waals surface area (Å²) in [4.78, 5) is 4.62. The molecule has 0 fully saturated rings. The number of hydrogen-bond acceptors (Lipinski definition) is 4. The van der Waals surface area contributed by atoms with E-state index in [0.717, 1.165) is 29.3 Å². The lowest BCUT2D eigenvalue weighted by molar-refractivity contribution is 0.333. The van der Waals surface area contributed by atoms with Gasteiger partial charge in [-0.15, -0.1) is 0 Å². The van der Waals surface area contributed by atoms with Crippen LogP contribution >= 0.6 is 0 Å². The minimum absolute atomic E-state index is 0.0843. The third-order valence-corrected chi connectivity index (χ3v) is 3.51. The highest BCUT2D eigenvalue weighted by Crippen LogP contribution is 2.28. The summed E-state index contributed by atoms with van der Waals surface area (Å²) in [6.07, 6.45) is 0.817. The molecule has 4 nitrogen and oxygen atoms in total. The number of nitrogens with one attached hydrogen (secondary N) is 2. The lowest BCUT2D eigenvalue weighted by Crippen LogP contribution is -2.11. The fraction of sp³-hybridized carbons (Fsp3) is 0.167. The Hall–Kier alpha value is -2.59. The Labute approximate surface area is 130 Å². The Balaban J connectivity index is 1.72. The van der Waals surface area contributed by atoms with Gasteiger partial charge in [0.25, 0.3) is 0 Å². The summed E-state index contributed by atoms with van der Waals surface area (Å²) in [5.41, 5.74) is 5.96. The molecule has 0 bridgehead atoms. The maximum absolute atomic E-state index is 9.02. The van der Waals surface area contributed by atoms with E-state index < -0.39 is 0 Å². The van der Waals surface area contributed by atoms with Crippen LogP contribution in [0.5, 0.6) is 0 Å². The van der Waals surface area contributed by atoms with Gasteiger partial charge in [0.1, 0.15) is 5.84 Å². The van der Waals surface area contributed by atoms with Gasteiger partial charge in [0.2, 0.25) is 0 Å². The summed E-state index contributed by atoms with van der Waals surface area (Å²) in [5.74, 6) is 0.943. The largest absolute Gasteiger partial charge is 0.390 e. The number of amidine groups is 1. The Kier molecular flexibility index (Phi) is 3.94. The van der Waals surface area contributed by atoms with Crippen molar-refractivity contribution in [3.8, 4) is 0 Å². The zero-order valence-corrected chi connectivity index (χ0v) is 12.6. The minimum atomic E-state index is -0.0843. The molecule has 0 aromatic heterocycles. The van der Waals surface area contributed by atoms with Gasteiger partial charge in [-0.25, -0.2) is 4.99 Å². The molecule has 0 saturated heterocycles. The number of fused-ring (bicyclic) bond motifs is 1. The van der Waals surface area contributed by atoms with E-state index in [2.05, 4.69) is 47.3 Å². The van der Waals surface area contributed by atoms with Crippen LogP contribution < -0.4 is 10.6 Å². The first-order chi connectivity index (χ1) is 10.6. The van der Waals surface area contributed by atoms with Gasteiger partial charge in [0, 0.05) is 23.5 Å². The van der Waals surface area contributed by atoms with Crippen molar-refractivity contribution in [3.05, 3.63) is 65.9 Å². The predicted molar refractivity (Wildman–Crippen MR) is 91.9 cm³/mol. The van der Waals surface area contributed by atoms with E-state index in [1.165, 1.54) is 11.1 Å². The van der Waals surface area contributed by atoms with Crippen LogP contribution in [0, 0.1) is 6.92 Å². The van der Waals surface area contributed by atoms with Crippen LogP contribution in [0.1, 0.15) is 11.1 Å². The van der Waals surface area contributed by atoms with Crippen molar-refractivity contribution >= 4 is 22.9 Å². The highest BCUT2D eigenvalue weighted by molar-refractivity contribution is 6.02. The highest BCUT2D eigenvalue weighted by Gasteiger charge is 2.14. The molecule has 0 aliphatic carbocycles. The van der Waals surface area contributed by atoms with Crippen molar-refractivity contribution in [3.63, 3.8) is 0 Å². The first kappa shape index (κ1) is 14.4. The highest BCUT2D eigenvalue weighted by atomic mass is 16.3. The monoisotopic (exact) mass is 293 g/mol. The smallest absolute Gasteiger partial charge is 0.111 e. The normalized spacial score (nSPS) is 12.5. The molecule has 4 heteroatoms. The summed E-state index contributed by atoms with van der Waals surface area (Å²) in [6, 6.07) is 14.2. The molecule has 112 valence electrons. The first-order valence-electron chi connectivity index (χ1n) is 7.24. The van der Waals surface area contributed by atoms with Crippen LogP contribution in [-0.2, 0) is 6.42 Å². The number of aliphatic hydroxyl groups is 1. The average molecular weight is 293 g/mol. The molecule has 0 saturated carbocycles. The van der Waals surface area contributed by atoms with Gasteiger partial charge in [-0.1, -0.05) is 30.3 Å². The van der Waals surface area contributed by atoms with Gasteiger partial charge in [0.05, 0.1) is 12.3 Å². The summed E-state index contributed by atoms with van der Waals surface area (Å²) in [6.45, 7) is 5.74. The van der Waals surface area contributed by atoms with Crippen LogP contribution in [-0.4, -0.2) is 17.5 Å². The number of hydrogen-bond donors (Lipinski definition) is 3. The molecule has 1 aliphatic heterocycles. The second-order valence-electron chi connectivity index (χ2n) is 5.46. The molecule has 0 unspecified atom stereocenters. The number of aryl methyl sites for hydroxylation is 1. The number of aliphatic hydroxyl groups excluding tert-OH is 1. The van der Waals surface area contributed by atoms with Crippen LogP contribution in [0.3, 0.4) is 0 Å². The number of anilines is 2. The lowest BCUT2D eigenvalue weighted by Gasteiger charge is -2.10. The molecule has 0 atom stereocenters. The maximum Gasteiger partial charge on any atom is 0.111 e. The van der Waals surface area contributed by atoms with E-state index in [4.69, 9.17) is 5.11 Å². The summed E-state index contributed by atoms with van der Waals surface area (Å²) in [7, 11) is 0. The third kappa shape index (κ3) is 3.18. The van der Waals surface area contributed by atoms with Crippen molar-refractivity contribution in [2.24, 2.45) is 4.99 Å². The summed E-state index contributed by atoms with van der Waals surface area (Å²) < 4.78 is 0. The van der Waals surface area contributed by atoms with Crippen molar-refractivity contribution in [1.29, 1.82) is 0 Å². The van der Waals surface area contributed by atoms with Gasteiger partial charge in [-0.3, -0.25) is 0 Å².